The Kier molecular flexibility index (Phi) is 7.05. The molecule has 0 saturated carbocycles. The summed E-state index contributed by atoms with van der Waals surface area (Å²) in [5.74, 6) is 0.726. The first-order chi connectivity index (χ1) is 8.88. The van der Waals surface area contributed by atoms with Crippen LogP contribution in [0.1, 0.15) is 31.4 Å². The second-order valence-electron chi connectivity index (χ2n) is 6.05. The standard InChI is InChI=1S/C16H27BrN2/c1-12(2)8-15(11-19(4)5)18-10-14-6-7-16(17)13(3)9-14/h6-7,9,12,15,18H,8,10-11H2,1-5H3. The van der Waals surface area contributed by atoms with Crippen LogP contribution >= 0.6 is 15.9 Å². The van der Waals surface area contributed by atoms with Gasteiger partial charge < -0.3 is 10.2 Å². The molecule has 1 rings (SSSR count). The molecule has 2 nitrogen and oxygen atoms in total. The lowest BCUT2D eigenvalue weighted by atomic mass is 10.0. The molecule has 0 saturated heterocycles. The second-order valence-corrected chi connectivity index (χ2v) is 6.91. The highest BCUT2D eigenvalue weighted by molar-refractivity contribution is 9.10. The molecule has 1 unspecified atom stereocenters. The average Bonchev–Trinajstić information content (AvgIpc) is 2.29. The highest BCUT2D eigenvalue weighted by Crippen LogP contribution is 2.17. The van der Waals surface area contributed by atoms with E-state index in [1.807, 2.05) is 0 Å². The predicted octanol–water partition coefficient (Wildman–Crippen LogP) is 3.82. The molecule has 0 heterocycles. The van der Waals surface area contributed by atoms with Crippen LogP contribution in [0.2, 0.25) is 0 Å². The Balaban J connectivity index is 2.56. The maximum absolute atomic E-state index is 3.69. The normalized spacial score (nSPS) is 13.3. The Morgan fingerprint density at radius 1 is 1.26 bits per heavy atom. The fraction of sp³-hybridized carbons (Fsp3) is 0.625. The van der Waals surface area contributed by atoms with Crippen molar-refractivity contribution in [2.45, 2.75) is 39.8 Å². The van der Waals surface area contributed by atoms with Crippen molar-refractivity contribution in [3.8, 4) is 0 Å². The zero-order chi connectivity index (χ0) is 14.4. The smallest absolute Gasteiger partial charge is 0.0208 e. The lowest BCUT2D eigenvalue weighted by molar-refractivity contribution is 0.305. The van der Waals surface area contributed by atoms with Crippen LogP contribution < -0.4 is 5.32 Å². The molecule has 108 valence electrons. The quantitative estimate of drug-likeness (QED) is 0.819. The number of nitrogens with zero attached hydrogens (tertiary/aromatic N) is 1. The number of likely N-dealkylation sites (N-methyl/N-ethyl adjacent to an activating group) is 1. The van der Waals surface area contributed by atoms with Gasteiger partial charge in [-0.3, -0.25) is 0 Å². The molecule has 0 aliphatic rings. The van der Waals surface area contributed by atoms with E-state index in [1.165, 1.54) is 22.0 Å². The van der Waals surface area contributed by atoms with Crippen LogP contribution in [0.15, 0.2) is 22.7 Å². The van der Waals surface area contributed by atoms with Crippen molar-refractivity contribution in [3.63, 3.8) is 0 Å². The van der Waals surface area contributed by atoms with Crippen LogP contribution in [0.4, 0.5) is 0 Å². The minimum absolute atomic E-state index is 0.555. The molecule has 0 aliphatic carbocycles. The predicted molar refractivity (Wildman–Crippen MR) is 87.5 cm³/mol. The summed E-state index contributed by atoms with van der Waals surface area (Å²) in [5.41, 5.74) is 2.65. The Morgan fingerprint density at radius 2 is 1.95 bits per heavy atom. The second kappa shape index (κ2) is 8.03. The molecular weight excluding hydrogens is 300 g/mol. The number of benzene rings is 1. The summed E-state index contributed by atoms with van der Waals surface area (Å²) < 4.78 is 1.18. The largest absolute Gasteiger partial charge is 0.309 e. The van der Waals surface area contributed by atoms with Gasteiger partial charge in [-0.1, -0.05) is 41.9 Å². The van der Waals surface area contributed by atoms with Gasteiger partial charge in [0.15, 0.2) is 0 Å². The maximum atomic E-state index is 3.69. The number of nitrogens with one attached hydrogen (secondary N) is 1. The molecule has 0 amide bonds. The van der Waals surface area contributed by atoms with Crippen molar-refractivity contribution in [2.24, 2.45) is 5.92 Å². The maximum Gasteiger partial charge on any atom is 0.0208 e. The van der Waals surface area contributed by atoms with Crippen LogP contribution in [-0.4, -0.2) is 31.6 Å². The fourth-order valence-electron chi connectivity index (χ4n) is 2.31. The highest BCUT2D eigenvalue weighted by atomic mass is 79.9. The number of hydrogen-bond acceptors (Lipinski definition) is 2. The number of hydrogen-bond donors (Lipinski definition) is 1. The average molecular weight is 327 g/mol. The Hall–Kier alpha value is -0.380. The van der Waals surface area contributed by atoms with Crippen LogP contribution in [0.25, 0.3) is 0 Å². The third kappa shape index (κ3) is 6.55. The lowest BCUT2D eigenvalue weighted by Gasteiger charge is -2.24. The van der Waals surface area contributed by atoms with Crippen molar-refractivity contribution in [2.75, 3.05) is 20.6 Å². The number of aryl methyl sites for hydroxylation is 1. The molecule has 1 atom stereocenters. The summed E-state index contributed by atoms with van der Waals surface area (Å²) in [4.78, 5) is 2.26. The van der Waals surface area contributed by atoms with Gasteiger partial charge >= 0.3 is 0 Å². The number of halogens is 1. The molecule has 0 bridgehead atoms. The van der Waals surface area contributed by atoms with Crippen molar-refractivity contribution >= 4 is 15.9 Å². The zero-order valence-electron chi connectivity index (χ0n) is 12.8. The first-order valence-electron chi connectivity index (χ1n) is 7.01. The van der Waals surface area contributed by atoms with Crippen LogP contribution in [0.5, 0.6) is 0 Å². The molecule has 3 heteroatoms. The molecule has 1 aromatic carbocycles. The fourth-order valence-corrected chi connectivity index (χ4v) is 2.56. The van der Waals surface area contributed by atoms with Crippen molar-refractivity contribution in [3.05, 3.63) is 33.8 Å². The molecule has 1 aromatic rings. The summed E-state index contributed by atoms with van der Waals surface area (Å²) in [6, 6.07) is 7.13. The zero-order valence-corrected chi connectivity index (χ0v) is 14.4. The molecule has 19 heavy (non-hydrogen) atoms. The van der Waals surface area contributed by atoms with E-state index in [2.05, 4.69) is 79.2 Å². The van der Waals surface area contributed by atoms with Gasteiger partial charge in [-0.25, -0.2) is 0 Å². The highest BCUT2D eigenvalue weighted by Gasteiger charge is 2.11. The molecular formula is C16H27BrN2. The topological polar surface area (TPSA) is 15.3 Å². The summed E-state index contributed by atoms with van der Waals surface area (Å²) >= 11 is 3.55. The number of rotatable bonds is 7. The minimum atomic E-state index is 0.555. The van der Waals surface area contributed by atoms with Gasteiger partial charge in [-0.15, -0.1) is 0 Å². The van der Waals surface area contributed by atoms with Crippen molar-refractivity contribution < 1.29 is 0 Å². The van der Waals surface area contributed by atoms with Gasteiger partial charge in [-0.2, -0.15) is 0 Å². The SMILES string of the molecule is Cc1cc(CNC(CC(C)C)CN(C)C)ccc1Br. The van der Waals surface area contributed by atoms with Crippen molar-refractivity contribution in [1.29, 1.82) is 0 Å². The molecule has 1 N–H and O–H groups in total. The summed E-state index contributed by atoms with van der Waals surface area (Å²) in [7, 11) is 4.28. The molecule has 0 aromatic heterocycles. The van der Waals surface area contributed by atoms with E-state index in [0.717, 1.165) is 19.0 Å². The van der Waals surface area contributed by atoms with E-state index in [0.29, 0.717) is 6.04 Å². The van der Waals surface area contributed by atoms with Gasteiger partial charge in [0.05, 0.1) is 0 Å². The van der Waals surface area contributed by atoms with E-state index in [9.17, 15) is 0 Å². The van der Waals surface area contributed by atoms with E-state index >= 15 is 0 Å². The summed E-state index contributed by atoms with van der Waals surface area (Å²) in [6.45, 7) is 8.74. The third-order valence-corrected chi connectivity index (χ3v) is 4.05. The Morgan fingerprint density at radius 3 is 2.47 bits per heavy atom. The molecule has 0 fully saturated rings. The van der Waals surface area contributed by atoms with E-state index in [4.69, 9.17) is 0 Å². The van der Waals surface area contributed by atoms with Crippen molar-refractivity contribution in [1.82, 2.24) is 10.2 Å². The van der Waals surface area contributed by atoms with Gasteiger partial charge in [0, 0.05) is 23.6 Å². The van der Waals surface area contributed by atoms with Gasteiger partial charge in [0.1, 0.15) is 0 Å². The van der Waals surface area contributed by atoms with E-state index in [-0.39, 0.29) is 0 Å². The summed E-state index contributed by atoms with van der Waals surface area (Å²) in [6.07, 6.45) is 1.22. The molecule has 0 radical (unpaired) electrons. The third-order valence-electron chi connectivity index (χ3n) is 3.16. The van der Waals surface area contributed by atoms with Gasteiger partial charge in [-0.05, 0) is 50.6 Å². The van der Waals surface area contributed by atoms with Crippen LogP contribution in [0.3, 0.4) is 0 Å². The Bertz CT molecular complexity index is 378. The van der Waals surface area contributed by atoms with E-state index in [1.54, 1.807) is 0 Å². The molecule has 0 spiro atoms. The monoisotopic (exact) mass is 326 g/mol. The lowest BCUT2D eigenvalue weighted by Crippen LogP contribution is -2.38. The van der Waals surface area contributed by atoms with Crippen LogP contribution in [-0.2, 0) is 6.54 Å². The first kappa shape index (κ1) is 16.7. The molecule has 0 aliphatic heterocycles. The summed E-state index contributed by atoms with van der Waals surface area (Å²) in [5, 5.41) is 3.69. The van der Waals surface area contributed by atoms with Crippen LogP contribution in [0, 0.1) is 12.8 Å². The van der Waals surface area contributed by atoms with Gasteiger partial charge in [0.2, 0.25) is 0 Å². The minimum Gasteiger partial charge on any atom is -0.309 e. The first-order valence-corrected chi connectivity index (χ1v) is 7.81. The Labute approximate surface area is 126 Å². The van der Waals surface area contributed by atoms with E-state index < -0.39 is 0 Å². The van der Waals surface area contributed by atoms with Gasteiger partial charge in [0.25, 0.3) is 0 Å².